The van der Waals surface area contributed by atoms with Crippen molar-refractivity contribution in [3.8, 4) is 5.75 Å². The van der Waals surface area contributed by atoms with E-state index in [1.165, 1.54) is 31.4 Å². The Kier molecular flexibility index (Phi) is 6.07. The van der Waals surface area contributed by atoms with Gasteiger partial charge in [0.05, 0.1) is 6.10 Å². The Morgan fingerprint density at radius 2 is 1.90 bits per heavy atom. The highest BCUT2D eigenvalue weighted by Crippen LogP contribution is 2.29. The monoisotopic (exact) mass is 290 g/mol. The van der Waals surface area contributed by atoms with Crippen molar-refractivity contribution < 1.29 is 4.74 Å². The number of nitrogens with zero attached hydrogens (tertiary/aromatic N) is 1. The van der Waals surface area contributed by atoms with Crippen LogP contribution in [0.1, 0.15) is 51.6 Å². The van der Waals surface area contributed by atoms with Crippen LogP contribution in [-0.4, -0.2) is 37.2 Å². The molecular formula is C18H30N2O. The third-order valence-electron chi connectivity index (χ3n) is 4.34. The normalized spacial score (nSPS) is 21.5. The lowest BCUT2D eigenvalue weighted by Crippen LogP contribution is -2.45. The molecule has 1 aliphatic heterocycles. The van der Waals surface area contributed by atoms with Crippen molar-refractivity contribution in [1.29, 1.82) is 0 Å². The Balaban J connectivity index is 2.05. The minimum absolute atomic E-state index is 0.232. The number of hydrogen-bond acceptors (Lipinski definition) is 3. The van der Waals surface area contributed by atoms with Gasteiger partial charge < -0.3 is 10.1 Å². The number of hydrogen-bond donors (Lipinski definition) is 1. The van der Waals surface area contributed by atoms with Crippen LogP contribution in [0.2, 0.25) is 0 Å². The SMILES string of the molecule is CNCC1CCCCN1C(C)c1ccc(OC(C)C)cc1. The van der Waals surface area contributed by atoms with Crippen LogP contribution in [0, 0.1) is 0 Å². The van der Waals surface area contributed by atoms with Crippen molar-refractivity contribution in [2.45, 2.75) is 58.2 Å². The number of rotatable bonds is 6. The van der Waals surface area contributed by atoms with E-state index in [4.69, 9.17) is 4.74 Å². The van der Waals surface area contributed by atoms with Crippen LogP contribution >= 0.6 is 0 Å². The number of benzene rings is 1. The molecule has 0 radical (unpaired) electrons. The molecule has 1 saturated heterocycles. The zero-order valence-corrected chi connectivity index (χ0v) is 13.9. The quantitative estimate of drug-likeness (QED) is 0.866. The molecule has 21 heavy (non-hydrogen) atoms. The molecule has 0 aliphatic carbocycles. The van der Waals surface area contributed by atoms with Crippen LogP contribution < -0.4 is 10.1 Å². The Morgan fingerprint density at radius 3 is 2.52 bits per heavy atom. The molecule has 3 nitrogen and oxygen atoms in total. The third-order valence-corrected chi connectivity index (χ3v) is 4.34. The van der Waals surface area contributed by atoms with Gasteiger partial charge in [-0.3, -0.25) is 4.90 Å². The van der Waals surface area contributed by atoms with Crippen LogP contribution in [0.15, 0.2) is 24.3 Å². The van der Waals surface area contributed by atoms with Crippen molar-refractivity contribution in [3.05, 3.63) is 29.8 Å². The molecule has 1 heterocycles. The van der Waals surface area contributed by atoms with E-state index in [0.29, 0.717) is 12.1 Å². The van der Waals surface area contributed by atoms with Crippen molar-refractivity contribution in [2.24, 2.45) is 0 Å². The van der Waals surface area contributed by atoms with Gasteiger partial charge >= 0.3 is 0 Å². The molecule has 0 saturated carbocycles. The molecule has 2 unspecified atom stereocenters. The number of likely N-dealkylation sites (N-methyl/N-ethyl adjacent to an activating group) is 1. The molecule has 3 heteroatoms. The Bertz CT molecular complexity index is 414. The molecule has 2 rings (SSSR count). The molecule has 1 aliphatic rings. The minimum atomic E-state index is 0.232. The van der Waals surface area contributed by atoms with Crippen LogP contribution in [0.4, 0.5) is 0 Å². The van der Waals surface area contributed by atoms with Crippen molar-refractivity contribution in [3.63, 3.8) is 0 Å². The van der Waals surface area contributed by atoms with Crippen LogP contribution in [-0.2, 0) is 0 Å². The first-order valence-electron chi connectivity index (χ1n) is 8.28. The fourth-order valence-corrected chi connectivity index (χ4v) is 3.28. The van der Waals surface area contributed by atoms with E-state index in [1.807, 2.05) is 0 Å². The van der Waals surface area contributed by atoms with Gasteiger partial charge in [0, 0.05) is 18.6 Å². The topological polar surface area (TPSA) is 24.5 Å². The van der Waals surface area contributed by atoms with E-state index in [2.05, 4.69) is 62.3 Å². The van der Waals surface area contributed by atoms with E-state index >= 15 is 0 Å². The maximum Gasteiger partial charge on any atom is 0.119 e. The van der Waals surface area contributed by atoms with Gasteiger partial charge in [-0.15, -0.1) is 0 Å². The highest BCUT2D eigenvalue weighted by molar-refractivity contribution is 5.29. The van der Waals surface area contributed by atoms with Crippen molar-refractivity contribution in [2.75, 3.05) is 20.1 Å². The summed E-state index contributed by atoms with van der Waals surface area (Å²) in [5.74, 6) is 0.964. The highest BCUT2D eigenvalue weighted by atomic mass is 16.5. The number of nitrogens with one attached hydrogen (secondary N) is 1. The summed E-state index contributed by atoms with van der Waals surface area (Å²) in [6.07, 6.45) is 4.21. The first kappa shape index (κ1) is 16.3. The summed E-state index contributed by atoms with van der Waals surface area (Å²) in [5, 5.41) is 3.34. The third kappa shape index (κ3) is 4.45. The molecular weight excluding hydrogens is 260 g/mol. The average molecular weight is 290 g/mol. The van der Waals surface area contributed by atoms with E-state index < -0.39 is 0 Å². The lowest BCUT2D eigenvalue weighted by Gasteiger charge is -2.40. The molecule has 1 aromatic carbocycles. The summed E-state index contributed by atoms with van der Waals surface area (Å²) in [4.78, 5) is 2.65. The first-order chi connectivity index (χ1) is 10.1. The summed E-state index contributed by atoms with van der Waals surface area (Å²) in [6, 6.07) is 9.76. The standard InChI is InChI=1S/C18H30N2O/c1-14(2)21-18-10-8-16(9-11-18)15(3)20-12-6-5-7-17(20)13-19-4/h8-11,14-15,17,19H,5-7,12-13H2,1-4H3. The van der Waals surface area contributed by atoms with Gasteiger partial charge in [-0.25, -0.2) is 0 Å². The van der Waals surface area contributed by atoms with Gasteiger partial charge in [0.1, 0.15) is 5.75 Å². The number of likely N-dealkylation sites (tertiary alicyclic amines) is 1. The van der Waals surface area contributed by atoms with E-state index in [9.17, 15) is 0 Å². The summed E-state index contributed by atoms with van der Waals surface area (Å²) in [5.41, 5.74) is 1.38. The summed E-state index contributed by atoms with van der Waals surface area (Å²) in [7, 11) is 2.05. The largest absolute Gasteiger partial charge is 0.491 e. The van der Waals surface area contributed by atoms with E-state index in [1.54, 1.807) is 0 Å². The molecule has 1 fully saturated rings. The average Bonchev–Trinajstić information content (AvgIpc) is 2.48. The Morgan fingerprint density at radius 1 is 1.19 bits per heavy atom. The predicted octanol–water partition coefficient (Wildman–Crippen LogP) is 3.61. The lowest BCUT2D eigenvalue weighted by atomic mass is 9.97. The van der Waals surface area contributed by atoms with Gasteiger partial charge in [-0.05, 0) is 64.9 Å². The molecule has 118 valence electrons. The second-order valence-electron chi connectivity index (χ2n) is 6.36. The zero-order valence-electron chi connectivity index (χ0n) is 13.9. The molecule has 2 atom stereocenters. The van der Waals surface area contributed by atoms with E-state index in [0.717, 1.165) is 12.3 Å². The second-order valence-corrected chi connectivity index (χ2v) is 6.36. The highest BCUT2D eigenvalue weighted by Gasteiger charge is 2.26. The molecule has 0 aromatic heterocycles. The van der Waals surface area contributed by atoms with Gasteiger partial charge in [-0.1, -0.05) is 18.6 Å². The van der Waals surface area contributed by atoms with Crippen LogP contribution in [0.25, 0.3) is 0 Å². The van der Waals surface area contributed by atoms with E-state index in [-0.39, 0.29) is 6.10 Å². The number of ether oxygens (including phenoxy) is 1. The smallest absolute Gasteiger partial charge is 0.119 e. The van der Waals surface area contributed by atoms with Crippen molar-refractivity contribution in [1.82, 2.24) is 10.2 Å². The fourth-order valence-electron chi connectivity index (χ4n) is 3.28. The number of piperidine rings is 1. The maximum atomic E-state index is 5.73. The molecule has 0 amide bonds. The Hall–Kier alpha value is -1.06. The first-order valence-corrected chi connectivity index (χ1v) is 8.28. The summed E-state index contributed by atoms with van der Waals surface area (Å²) in [6.45, 7) is 8.74. The van der Waals surface area contributed by atoms with Gasteiger partial charge in [-0.2, -0.15) is 0 Å². The predicted molar refractivity (Wildman–Crippen MR) is 88.9 cm³/mol. The van der Waals surface area contributed by atoms with Crippen LogP contribution in [0.3, 0.4) is 0 Å². The molecule has 1 N–H and O–H groups in total. The maximum absolute atomic E-state index is 5.73. The summed E-state index contributed by atoms with van der Waals surface area (Å²) >= 11 is 0. The van der Waals surface area contributed by atoms with Gasteiger partial charge in [0.2, 0.25) is 0 Å². The Labute approximate surface area is 129 Å². The summed E-state index contributed by atoms with van der Waals surface area (Å²) < 4.78 is 5.73. The lowest BCUT2D eigenvalue weighted by molar-refractivity contribution is 0.103. The molecule has 0 spiro atoms. The van der Waals surface area contributed by atoms with Crippen LogP contribution in [0.5, 0.6) is 5.75 Å². The molecule has 0 bridgehead atoms. The fraction of sp³-hybridized carbons (Fsp3) is 0.667. The van der Waals surface area contributed by atoms with Gasteiger partial charge in [0.25, 0.3) is 0 Å². The van der Waals surface area contributed by atoms with Gasteiger partial charge in [0.15, 0.2) is 0 Å². The van der Waals surface area contributed by atoms with Crippen molar-refractivity contribution >= 4 is 0 Å². The minimum Gasteiger partial charge on any atom is -0.491 e. The second kappa shape index (κ2) is 7.81. The zero-order chi connectivity index (χ0) is 15.2. The molecule has 1 aromatic rings.